The van der Waals surface area contributed by atoms with Crippen LogP contribution in [-0.4, -0.2) is 60.3 Å². The first kappa shape index (κ1) is 30.7. The molecule has 44 heavy (non-hydrogen) atoms. The summed E-state index contributed by atoms with van der Waals surface area (Å²) in [6.45, 7) is 17.7. The van der Waals surface area contributed by atoms with Gasteiger partial charge in [0, 0.05) is 31.1 Å². The summed E-state index contributed by atoms with van der Waals surface area (Å²) >= 11 is 0. The van der Waals surface area contributed by atoms with E-state index in [1.807, 2.05) is 19.9 Å². The molecule has 9 heteroatoms. The summed E-state index contributed by atoms with van der Waals surface area (Å²) < 4.78 is 34.1. The number of ether oxygens (including phenoxy) is 5. The van der Waals surface area contributed by atoms with Gasteiger partial charge in [0.25, 0.3) is 0 Å². The van der Waals surface area contributed by atoms with Crippen LogP contribution in [-0.2, 0) is 43.2 Å². The van der Waals surface area contributed by atoms with Crippen molar-refractivity contribution in [1.82, 2.24) is 0 Å². The van der Waals surface area contributed by atoms with Crippen molar-refractivity contribution in [3.63, 3.8) is 0 Å². The Balaban J connectivity index is 1.10. The zero-order chi connectivity index (χ0) is 30.6. The van der Waals surface area contributed by atoms with E-state index in [-0.39, 0.29) is 42.0 Å². The van der Waals surface area contributed by atoms with Crippen LogP contribution in [0.15, 0.2) is 12.7 Å². The van der Waals surface area contributed by atoms with Crippen molar-refractivity contribution in [2.45, 2.75) is 153 Å². The average Bonchev–Trinajstić information content (AvgIpc) is 3.37. The van der Waals surface area contributed by atoms with Gasteiger partial charge in [0.05, 0.1) is 24.9 Å². The van der Waals surface area contributed by atoms with Gasteiger partial charge in [0.15, 0.2) is 23.8 Å². The van der Waals surface area contributed by atoms with Crippen molar-refractivity contribution in [2.24, 2.45) is 47.3 Å². The quantitative estimate of drug-likeness (QED) is 0.246. The lowest BCUT2D eigenvalue weighted by Crippen LogP contribution is -2.72. The molecule has 1 unspecified atom stereocenters. The number of hydrogen-bond donors (Lipinski definition) is 0. The number of rotatable bonds is 6. The van der Waals surface area contributed by atoms with Crippen LogP contribution in [0.25, 0.3) is 0 Å². The van der Waals surface area contributed by atoms with Gasteiger partial charge in [-0.25, -0.2) is 19.6 Å². The molecule has 4 bridgehead atoms. The van der Waals surface area contributed by atoms with Gasteiger partial charge in [-0.3, -0.25) is 0 Å². The molecule has 2 spiro atoms. The van der Waals surface area contributed by atoms with Crippen molar-refractivity contribution in [3.05, 3.63) is 12.7 Å². The SMILES string of the molecule is C=CCO[C@@H](C[C@H]1O[C@@H]2O[C@@]3(C)CC[C@H]4[C@H](C)CC[C@@H]([C@H]1C)[C@@]24OO3)C1O[C@@H]2O[C@@]3(C)CC[C@H]4[C@H](C)CC[C@@H]([C@H]1C)[C@@]24OO3. The summed E-state index contributed by atoms with van der Waals surface area (Å²) in [7, 11) is 0. The lowest BCUT2D eigenvalue weighted by atomic mass is 9.56. The average molecular weight is 619 g/mol. The van der Waals surface area contributed by atoms with Gasteiger partial charge in [0.2, 0.25) is 11.6 Å². The van der Waals surface area contributed by atoms with Crippen molar-refractivity contribution >= 4 is 0 Å². The van der Waals surface area contributed by atoms with Gasteiger partial charge >= 0.3 is 0 Å². The van der Waals surface area contributed by atoms with Crippen LogP contribution in [0.4, 0.5) is 0 Å². The van der Waals surface area contributed by atoms with Crippen molar-refractivity contribution in [2.75, 3.05) is 6.61 Å². The van der Waals surface area contributed by atoms with E-state index in [1.165, 1.54) is 12.8 Å². The Labute approximate surface area is 262 Å². The fourth-order valence-corrected chi connectivity index (χ4v) is 11.3. The third-order valence-corrected chi connectivity index (χ3v) is 13.8. The normalized spacial score (nSPS) is 58.3. The third-order valence-electron chi connectivity index (χ3n) is 13.8. The maximum atomic E-state index is 7.06. The van der Waals surface area contributed by atoms with Crippen molar-refractivity contribution < 1.29 is 43.2 Å². The summed E-state index contributed by atoms with van der Waals surface area (Å²) in [4.78, 5) is 24.9. The van der Waals surface area contributed by atoms with Crippen molar-refractivity contribution in [1.29, 1.82) is 0 Å². The Bertz CT molecular complexity index is 1120. The zero-order valence-corrected chi connectivity index (χ0v) is 27.5. The van der Waals surface area contributed by atoms with E-state index in [0.29, 0.717) is 36.7 Å². The Morgan fingerprint density at radius 1 is 0.705 bits per heavy atom. The number of hydrogen-bond acceptors (Lipinski definition) is 9. The zero-order valence-electron chi connectivity index (χ0n) is 27.5. The van der Waals surface area contributed by atoms with E-state index in [0.717, 1.165) is 38.5 Å². The molecule has 8 aliphatic heterocycles. The fraction of sp³-hybridized carbons (Fsp3) is 0.943. The van der Waals surface area contributed by atoms with Crippen LogP contribution in [0.1, 0.15) is 99.3 Å². The van der Waals surface area contributed by atoms with E-state index in [2.05, 4.69) is 34.3 Å². The van der Waals surface area contributed by atoms with E-state index in [9.17, 15) is 0 Å². The highest BCUT2D eigenvalue weighted by Crippen LogP contribution is 2.63. The first-order valence-electron chi connectivity index (χ1n) is 17.7. The predicted octanol–water partition coefficient (Wildman–Crippen LogP) is 6.45. The smallest absolute Gasteiger partial charge is 0.201 e. The lowest BCUT2D eigenvalue weighted by Gasteiger charge is -2.62. The molecule has 9 nitrogen and oxygen atoms in total. The molecular weight excluding hydrogens is 564 g/mol. The minimum Gasteiger partial charge on any atom is -0.371 e. The molecule has 0 aromatic heterocycles. The van der Waals surface area contributed by atoms with Crippen LogP contribution in [0, 0.1) is 47.3 Å². The Morgan fingerprint density at radius 2 is 1.25 bits per heavy atom. The van der Waals surface area contributed by atoms with Gasteiger partial charge in [-0.1, -0.05) is 33.8 Å². The van der Waals surface area contributed by atoms with Crippen LogP contribution in [0.3, 0.4) is 0 Å². The molecule has 0 N–H and O–H groups in total. The largest absolute Gasteiger partial charge is 0.371 e. The highest BCUT2D eigenvalue weighted by atomic mass is 17.3. The Morgan fingerprint density at radius 3 is 1.82 bits per heavy atom. The molecule has 17 atom stereocenters. The first-order valence-corrected chi connectivity index (χ1v) is 17.7. The van der Waals surface area contributed by atoms with E-state index in [4.69, 9.17) is 43.2 Å². The molecule has 0 radical (unpaired) electrons. The minimum atomic E-state index is -0.807. The summed E-state index contributed by atoms with van der Waals surface area (Å²) in [5.74, 6) is 1.06. The number of fused-ring (bicyclic) bond motifs is 4. The van der Waals surface area contributed by atoms with E-state index < -0.39 is 35.4 Å². The van der Waals surface area contributed by atoms with Crippen LogP contribution >= 0.6 is 0 Å². The Kier molecular flexibility index (Phi) is 7.46. The summed E-state index contributed by atoms with van der Waals surface area (Å²) in [6.07, 6.45) is 9.19. The molecule has 248 valence electrons. The monoisotopic (exact) mass is 618 g/mol. The molecule has 8 heterocycles. The molecule has 0 amide bonds. The molecule has 10 fully saturated rings. The summed E-state index contributed by atoms with van der Waals surface area (Å²) in [6, 6.07) is 0. The molecule has 0 aromatic carbocycles. The standard InChI is InChI=1S/C35H54O9/c1-8-17-36-28(29-22(5)26-12-10-20(3)24-14-16-33(7)40-31(38-29)35(24,26)44-42-33)18-27-21(4)25-11-9-19(2)23-13-15-32(6)39-30(37-27)34(23,25)43-41-32/h8,19-31H,1,9-18H2,2-7H3/t19-,20-,21-,22-,23+,24+,25+,26+,27-,28+,29?,30-,31-,32-,33-,34-,35-/m1/s1. The predicted molar refractivity (Wildman–Crippen MR) is 158 cm³/mol. The summed E-state index contributed by atoms with van der Waals surface area (Å²) in [5.41, 5.74) is -1.17. The van der Waals surface area contributed by atoms with Gasteiger partial charge < -0.3 is 23.7 Å². The van der Waals surface area contributed by atoms with Gasteiger partial charge in [-0.2, -0.15) is 0 Å². The second-order valence-electron chi connectivity index (χ2n) is 16.2. The molecular formula is C35H54O9. The topological polar surface area (TPSA) is 83.1 Å². The molecule has 10 rings (SSSR count). The van der Waals surface area contributed by atoms with Crippen molar-refractivity contribution in [3.8, 4) is 0 Å². The second kappa shape index (κ2) is 10.7. The van der Waals surface area contributed by atoms with Crippen LogP contribution < -0.4 is 0 Å². The van der Waals surface area contributed by atoms with E-state index in [1.54, 1.807) is 0 Å². The highest BCUT2D eigenvalue weighted by molar-refractivity contribution is 5.13. The molecule has 2 saturated carbocycles. The second-order valence-corrected chi connectivity index (χ2v) is 16.2. The molecule has 8 saturated heterocycles. The lowest BCUT2D eigenvalue weighted by molar-refractivity contribution is -0.574. The maximum absolute atomic E-state index is 7.06. The molecule has 2 aliphatic carbocycles. The summed E-state index contributed by atoms with van der Waals surface area (Å²) in [5, 5.41) is 0. The van der Waals surface area contributed by atoms with Crippen LogP contribution in [0.2, 0.25) is 0 Å². The van der Waals surface area contributed by atoms with Gasteiger partial charge in [-0.05, 0) is 87.9 Å². The first-order chi connectivity index (χ1) is 21.0. The fourth-order valence-electron chi connectivity index (χ4n) is 11.3. The maximum Gasteiger partial charge on any atom is 0.201 e. The minimum absolute atomic E-state index is 0.0829. The van der Waals surface area contributed by atoms with Gasteiger partial charge in [0.1, 0.15) is 0 Å². The third kappa shape index (κ3) is 4.29. The molecule has 0 aromatic rings. The van der Waals surface area contributed by atoms with Gasteiger partial charge in [-0.15, -0.1) is 6.58 Å². The molecule has 10 aliphatic rings. The van der Waals surface area contributed by atoms with Crippen LogP contribution in [0.5, 0.6) is 0 Å². The highest BCUT2D eigenvalue weighted by Gasteiger charge is 2.71. The Hall–Kier alpha value is -0.620. The van der Waals surface area contributed by atoms with E-state index >= 15 is 0 Å².